The monoisotopic (exact) mass is 339 g/mol. The smallest absolute Gasteiger partial charge is 0.161 e. The highest BCUT2D eigenvalue weighted by Crippen LogP contribution is 2.29. The molecule has 132 valence electrons. The number of nitrogens with zero attached hydrogens (tertiary/aromatic N) is 2. The van der Waals surface area contributed by atoms with E-state index >= 15 is 0 Å². The van der Waals surface area contributed by atoms with Crippen molar-refractivity contribution in [2.24, 2.45) is 4.99 Å². The Morgan fingerprint density at radius 2 is 1.88 bits per heavy atom. The first-order valence-electron chi connectivity index (χ1n) is 8.53. The second-order valence-electron chi connectivity index (χ2n) is 6.23. The molecule has 0 saturated carbocycles. The van der Waals surface area contributed by atoms with Gasteiger partial charge in [0.2, 0.25) is 0 Å². The lowest BCUT2D eigenvalue weighted by Crippen LogP contribution is -2.30. The van der Waals surface area contributed by atoms with Gasteiger partial charge in [-0.05, 0) is 42.3 Å². The molecule has 2 aromatic carbocycles. The summed E-state index contributed by atoms with van der Waals surface area (Å²) in [6.07, 6.45) is 1.08. The summed E-state index contributed by atoms with van der Waals surface area (Å²) >= 11 is 0. The number of anilines is 1. The van der Waals surface area contributed by atoms with Gasteiger partial charge in [-0.25, -0.2) is 0 Å². The van der Waals surface area contributed by atoms with Crippen molar-refractivity contribution < 1.29 is 9.47 Å². The lowest BCUT2D eigenvalue weighted by Gasteiger charge is -2.17. The summed E-state index contributed by atoms with van der Waals surface area (Å²) < 4.78 is 11.5. The van der Waals surface area contributed by atoms with E-state index in [1.807, 2.05) is 32.3 Å². The molecular weight excluding hydrogens is 314 g/mol. The minimum Gasteiger partial charge on any atom is -0.493 e. The van der Waals surface area contributed by atoms with Gasteiger partial charge in [0.15, 0.2) is 11.5 Å². The van der Waals surface area contributed by atoms with Crippen molar-refractivity contribution >= 4 is 11.5 Å². The van der Waals surface area contributed by atoms with Crippen LogP contribution >= 0.6 is 0 Å². The second kappa shape index (κ2) is 7.92. The molecule has 0 bridgehead atoms. The van der Waals surface area contributed by atoms with Crippen molar-refractivity contribution in [3.63, 3.8) is 0 Å². The van der Waals surface area contributed by atoms with Gasteiger partial charge in [0.25, 0.3) is 0 Å². The van der Waals surface area contributed by atoms with E-state index in [0.717, 1.165) is 48.0 Å². The van der Waals surface area contributed by atoms with Gasteiger partial charge >= 0.3 is 0 Å². The van der Waals surface area contributed by atoms with E-state index in [0.29, 0.717) is 6.61 Å². The van der Waals surface area contributed by atoms with Gasteiger partial charge in [-0.2, -0.15) is 0 Å². The molecule has 0 atom stereocenters. The predicted molar refractivity (Wildman–Crippen MR) is 102 cm³/mol. The summed E-state index contributed by atoms with van der Waals surface area (Å²) in [7, 11) is 5.72. The number of amidine groups is 1. The van der Waals surface area contributed by atoms with Crippen LogP contribution in [-0.2, 0) is 6.61 Å². The van der Waals surface area contributed by atoms with Crippen LogP contribution in [0.1, 0.15) is 17.5 Å². The molecule has 1 aliphatic rings. The molecule has 2 aromatic rings. The van der Waals surface area contributed by atoms with Crippen LogP contribution in [0.2, 0.25) is 0 Å². The molecular formula is C20H25N3O2. The van der Waals surface area contributed by atoms with Gasteiger partial charge in [-0.1, -0.05) is 12.1 Å². The van der Waals surface area contributed by atoms with Crippen LogP contribution in [0.15, 0.2) is 47.5 Å². The normalized spacial score (nSPS) is 13.6. The van der Waals surface area contributed by atoms with Gasteiger partial charge in [-0.3, -0.25) is 4.99 Å². The van der Waals surface area contributed by atoms with Gasteiger partial charge in [0, 0.05) is 38.4 Å². The van der Waals surface area contributed by atoms with Gasteiger partial charge in [0.05, 0.1) is 7.11 Å². The molecule has 0 fully saturated rings. The number of nitrogens with one attached hydrogen (secondary N) is 1. The number of hydrogen-bond donors (Lipinski definition) is 1. The SMILES string of the molecule is COc1cc(C2=NCCCN2)ccc1OCc1ccc(N(C)C)cc1. The standard InChI is InChI=1S/C20H25N3O2/c1-23(2)17-8-5-15(6-9-17)14-25-18-10-7-16(13-19(18)24-3)20-21-11-4-12-22-20/h5-10,13H,4,11-12,14H2,1-3H3,(H,21,22). The maximum Gasteiger partial charge on any atom is 0.161 e. The van der Waals surface area contributed by atoms with Crippen LogP contribution in [0.5, 0.6) is 11.5 Å². The van der Waals surface area contributed by atoms with Crippen LogP contribution in [0.25, 0.3) is 0 Å². The quantitative estimate of drug-likeness (QED) is 0.878. The van der Waals surface area contributed by atoms with Crippen molar-refractivity contribution in [1.29, 1.82) is 0 Å². The van der Waals surface area contributed by atoms with Crippen molar-refractivity contribution in [2.75, 3.05) is 39.2 Å². The van der Waals surface area contributed by atoms with E-state index in [2.05, 4.69) is 39.5 Å². The number of ether oxygens (including phenoxy) is 2. The number of hydrogen-bond acceptors (Lipinski definition) is 5. The fourth-order valence-electron chi connectivity index (χ4n) is 2.71. The first kappa shape index (κ1) is 17.1. The lowest BCUT2D eigenvalue weighted by molar-refractivity contribution is 0.284. The lowest BCUT2D eigenvalue weighted by atomic mass is 10.1. The number of rotatable bonds is 6. The molecule has 0 saturated heterocycles. The van der Waals surface area contributed by atoms with Crippen LogP contribution in [0.4, 0.5) is 5.69 Å². The first-order chi connectivity index (χ1) is 12.2. The molecule has 0 amide bonds. The average Bonchev–Trinajstić information content (AvgIpc) is 2.67. The maximum atomic E-state index is 5.96. The zero-order valence-corrected chi connectivity index (χ0v) is 15.1. The third-order valence-electron chi connectivity index (χ3n) is 4.18. The first-order valence-corrected chi connectivity index (χ1v) is 8.53. The Labute approximate surface area is 149 Å². The second-order valence-corrected chi connectivity index (χ2v) is 6.23. The average molecular weight is 339 g/mol. The van der Waals surface area contributed by atoms with E-state index < -0.39 is 0 Å². The number of benzene rings is 2. The van der Waals surface area contributed by atoms with Crippen LogP contribution < -0.4 is 19.7 Å². The van der Waals surface area contributed by atoms with Crippen LogP contribution in [0.3, 0.4) is 0 Å². The number of methoxy groups -OCH3 is 1. The minimum absolute atomic E-state index is 0.503. The minimum atomic E-state index is 0.503. The van der Waals surface area contributed by atoms with Crippen molar-refractivity contribution in [1.82, 2.24) is 5.32 Å². The molecule has 0 aromatic heterocycles. The summed E-state index contributed by atoms with van der Waals surface area (Å²) in [4.78, 5) is 6.60. The Morgan fingerprint density at radius 1 is 1.08 bits per heavy atom. The molecule has 3 rings (SSSR count). The molecule has 1 heterocycles. The Kier molecular flexibility index (Phi) is 5.43. The zero-order valence-electron chi connectivity index (χ0n) is 15.1. The highest BCUT2D eigenvalue weighted by Gasteiger charge is 2.12. The third-order valence-corrected chi connectivity index (χ3v) is 4.18. The molecule has 0 spiro atoms. The molecule has 5 nitrogen and oxygen atoms in total. The van der Waals surface area contributed by atoms with Crippen LogP contribution in [-0.4, -0.2) is 40.1 Å². The molecule has 0 unspecified atom stereocenters. The third kappa shape index (κ3) is 4.24. The largest absolute Gasteiger partial charge is 0.493 e. The fraction of sp³-hybridized carbons (Fsp3) is 0.350. The Hall–Kier alpha value is -2.69. The molecule has 0 radical (unpaired) electrons. The fourth-order valence-corrected chi connectivity index (χ4v) is 2.71. The van der Waals surface area contributed by atoms with Gasteiger partial charge in [-0.15, -0.1) is 0 Å². The van der Waals surface area contributed by atoms with Crippen LogP contribution in [0, 0.1) is 0 Å². The summed E-state index contributed by atoms with van der Waals surface area (Å²) in [5.41, 5.74) is 3.32. The topological polar surface area (TPSA) is 46.1 Å². The van der Waals surface area contributed by atoms with Crippen molar-refractivity contribution in [3.05, 3.63) is 53.6 Å². The number of aliphatic imine (C=N–C) groups is 1. The van der Waals surface area contributed by atoms with E-state index in [4.69, 9.17) is 9.47 Å². The highest BCUT2D eigenvalue weighted by atomic mass is 16.5. The van der Waals surface area contributed by atoms with E-state index in [1.54, 1.807) is 7.11 Å². The van der Waals surface area contributed by atoms with E-state index in [1.165, 1.54) is 5.69 Å². The van der Waals surface area contributed by atoms with E-state index in [-0.39, 0.29) is 0 Å². The molecule has 25 heavy (non-hydrogen) atoms. The Balaban J connectivity index is 1.70. The van der Waals surface area contributed by atoms with Gasteiger partial charge < -0.3 is 19.7 Å². The molecule has 1 aliphatic heterocycles. The van der Waals surface area contributed by atoms with Crippen molar-refractivity contribution in [2.45, 2.75) is 13.0 Å². The summed E-state index contributed by atoms with van der Waals surface area (Å²) in [6, 6.07) is 14.3. The molecule has 1 N–H and O–H groups in total. The van der Waals surface area contributed by atoms with Gasteiger partial charge in [0.1, 0.15) is 12.4 Å². The Bertz CT molecular complexity index is 739. The maximum absolute atomic E-state index is 5.96. The predicted octanol–water partition coefficient (Wildman–Crippen LogP) is 3.08. The molecule has 5 heteroatoms. The zero-order chi connectivity index (χ0) is 17.6. The summed E-state index contributed by atoms with van der Waals surface area (Å²) in [6.45, 7) is 2.33. The van der Waals surface area contributed by atoms with Crippen molar-refractivity contribution in [3.8, 4) is 11.5 Å². The summed E-state index contributed by atoms with van der Waals surface area (Å²) in [5.74, 6) is 2.38. The Morgan fingerprint density at radius 3 is 2.52 bits per heavy atom. The summed E-state index contributed by atoms with van der Waals surface area (Å²) in [5, 5.41) is 3.33. The van der Waals surface area contributed by atoms with E-state index in [9.17, 15) is 0 Å². The highest BCUT2D eigenvalue weighted by molar-refractivity contribution is 5.99. The molecule has 0 aliphatic carbocycles.